The van der Waals surface area contributed by atoms with E-state index in [2.05, 4.69) is 18.7 Å². The van der Waals surface area contributed by atoms with Crippen LogP contribution >= 0.6 is 0 Å². The van der Waals surface area contributed by atoms with Crippen LogP contribution in [0.25, 0.3) is 0 Å². The zero-order valence-electron chi connectivity index (χ0n) is 13.6. The van der Waals surface area contributed by atoms with Crippen LogP contribution in [-0.4, -0.2) is 34.1 Å². The summed E-state index contributed by atoms with van der Waals surface area (Å²) in [7, 11) is 0. The summed E-state index contributed by atoms with van der Waals surface area (Å²) < 4.78 is 0. The van der Waals surface area contributed by atoms with E-state index in [0.717, 1.165) is 24.7 Å². The maximum Gasteiger partial charge on any atom is 0.320 e. The van der Waals surface area contributed by atoms with Crippen LogP contribution in [0.4, 0.5) is 0 Å². The molecule has 0 spiro atoms. The number of fused-ring (bicyclic) bond motifs is 1. The van der Waals surface area contributed by atoms with Crippen LogP contribution in [0.1, 0.15) is 71.6 Å². The van der Waals surface area contributed by atoms with Gasteiger partial charge in [0, 0.05) is 12.1 Å². The van der Waals surface area contributed by atoms with Crippen molar-refractivity contribution in [3.8, 4) is 0 Å². The van der Waals surface area contributed by atoms with Gasteiger partial charge < -0.3 is 5.11 Å². The van der Waals surface area contributed by atoms with Gasteiger partial charge in [-0.25, -0.2) is 0 Å². The topological polar surface area (TPSA) is 40.5 Å². The normalized spacial score (nSPS) is 45.0. The highest BCUT2D eigenvalue weighted by atomic mass is 16.4. The molecule has 21 heavy (non-hydrogen) atoms. The van der Waals surface area contributed by atoms with Gasteiger partial charge in [0.25, 0.3) is 0 Å². The number of nitrogens with zero attached hydrogens (tertiary/aromatic N) is 1. The minimum atomic E-state index is -0.579. The Hall–Kier alpha value is -0.570. The van der Waals surface area contributed by atoms with Crippen molar-refractivity contribution in [2.24, 2.45) is 17.8 Å². The van der Waals surface area contributed by atoms with E-state index in [1.54, 1.807) is 0 Å². The molecule has 6 unspecified atom stereocenters. The summed E-state index contributed by atoms with van der Waals surface area (Å²) >= 11 is 0. The molecule has 1 aliphatic heterocycles. The lowest BCUT2D eigenvalue weighted by molar-refractivity contribution is -0.152. The molecular weight excluding hydrogens is 262 g/mol. The second-order valence-electron chi connectivity index (χ2n) is 7.95. The van der Waals surface area contributed by atoms with E-state index in [0.29, 0.717) is 18.0 Å². The van der Waals surface area contributed by atoms with Gasteiger partial charge in [0.1, 0.15) is 6.04 Å². The number of carboxylic acids is 1. The zero-order valence-corrected chi connectivity index (χ0v) is 13.6. The molecule has 2 aliphatic carbocycles. The molecule has 1 N–H and O–H groups in total. The van der Waals surface area contributed by atoms with E-state index in [4.69, 9.17) is 0 Å². The standard InChI is InChI=1S/C18H31NO2/c1-12-7-9-15(13(2)11-12)19-16-6-4-3-5-14(16)8-10-17(19)18(20)21/h12-17H,3-11H2,1-2H3,(H,20,21). The van der Waals surface area contributed by atoms with Gasteiger partial charge in [0.2, 0.25) is 0 Å². The molecule has 3 heteroatoms. The molecule has 1 heterocycles. The van der Waals surface area contributed by atoms with Gasteiger partial charge in [-0.05, 0) is 62.7 Å². The van der Waals surface area contributed by atoms with Crippen molar-refractivity contribution >= 4 is 5.97 Å². The Morgan fingerprint density at radius 1 is 0.952 bits per heavy atom. The monoisotopic (exact) mass is 293 g/mol. The Kier molecular flexibility index (Phi) is 4.58. The van der Waals surface area contributed by atoms with Crippen LogP contribution < -0.4 is 0 Å². The third kappa shape index (κ3) is 2.99. The molecule has 0 radical (unpaired) electrons. The highest BCUT2D eigenvalue weighted by Crippen LogP contribution is 2.43. The molecule has 0 aromatic heterocycles. The maximum atomic E-state index is 11.8. The van der Waals surface area contributed by atoms with Gasteiger partial charge in [-0.3, -0.25) is 9.69 Å². The van der Waals surface area contributed by atoms with Crippen molar-refractivity contribution < 1.29 is 9.90 Å². The molecule has 0 aromatic rings. The number of aliphatic carboxylic acids is 1. The number of hydrogen-bond acceptors (Lipinski definition) is 2. The van der Waals surface area contributed by atoms with Crippen molar-refractivity contribution in [1.82, 2.24) is 4.90 Å². The lowest BCUT2D eigenvalue weighted by atomic mass is 9.72. The number of piperidine rings is 1. The predicted molar refractivity (Wildman–Crippen MR) is 84.2 cm³/mol. The Labute approximate surface area is 129 Å². The third-order valence-electron chi connectivity index (χ3n) is 6.48. The van der Waals surface area contributed by atoms with Gasteiger partial charge in [0.05, 0.1) is 0 Å². The predicted octanol–water partition coefficient (Wildman–Crippen LogP) is 3.92. The molecule has 3 rings (SSSR count). The van der Waals surface area contributed by atoms with Crippen LogP contribution in [0.15, 0.2) is 0 Å². The second kappa shape index (κ2) is 6.28. The van der Waals surface area contributed by atoms with Crippen LogP contribution in [0.2, 0.25) is 0 Å². The summed E-state index contributed by atoms with van der Waals surface area (Å²) in [5, 5.41) is 9.73. The first kappa shape index (κ1) is 15.3. The van der Waals surface area contributed by atoms with E-state index in [1.807, 2.05) is 0 Å². The highest BCUT2D eigenvalue weighted by Gasteiger charge is 2.46. The van der Waals surface area contributed by atoms with E-state index < -0.39 is 5.97 Å². The van der Waals surface area contributed by atoms with Crippen LogP contribution in [0.3, 0.4) is 0 Å². The van der Waals surface area contributed by atoms with Gasteiger partial charge in [-0.15, -0.1) is 0 Å². The van der Waals surface area contributed by atoms with Gasteiger partial charge >= 0.3 is 5.97 Å². The molecule has 0 amide bonds. The van der Waals surface area contributed by atoms with Crippen LogP contribution in [0, 0.1) is 17.8 Å². The molecular formula is C18H31NO2. The van der Waals surface area contributed by atoms with Crippen molar-refractivity contribution in [1.29, 1.82) is 0 Å². The number of rotatable bonds is 2. The summed E-state index contributed by atoms with van der Waals surface area (Å²) in [6, 6.07) is 0.841. The van der Waals surface area contributed by atoms with E-state index in [9.17, 15) is 9.90 Å². The molecule has 0 bridgehead atoms. The first-order valence-corrected chi connectivity index (χ1v) is 9.08. The second-order valence-corrected chi connectivity index (χ2v) is 7.95. The first-order chi connectivity index (χ1) is 10.1. The largest absolute Gasteiger partial charge is 0.480 e. The fourth-order valence-corrected chi connectivity index (χ4v) is 5.49. The fourth-order valence-electron chi connectivity index (χ4n) is 5.49. The van der Waals surface area contributed by atoms with Crippen molar-refractivity contribution in [3.63, 3.8) is 0 Å². The number of likely N-dealkylation sites (tertiary alicyclic amines) is 1. The molecule has 3 nitrogen and oxygen atoms in total. The van der Waals surface area contributed by atoms with Crippen LogP contribution in [0.5, 0.6) is 0 Å². The number of hydrogen-bond donors (Lipinski definition) is 1. The van der Waals surface area contributed by atoms with Crippen molar-refractivity contribution in [2.45, 2.75) is 89.8 Å². The Morgan fingerprint density at radius 3 is 2.43 bits per heavy atom. The molecule has 3 aliphatic rings. The van der Waals surface area contributed by atoms with E-state index in [1.165, 1.54) is 44.9 Å². The van der Waals surface area contributed by atoms with E-state index in [-0.39, 0.29) is 6.04 Å². The summed E-state index contributed by atoms with van der Waals surface area (Å²) in [5.41, 5.74) is 0. The highest BCUT2D eigenvalue weighted by molar-refractivity contribution is 5.73. The van der Waals surface area contributed by atoms with Gasteiger partial charge in [-0.1, -0.05) is 26.7 Å². The SMILES string of the molecule is CC1CCC(N2C(C(=O)O)CCC3CCCCC32)C(C)C1. The molecule has 1 saturated heterocycles. The lowest BCUT2D eigenvalue weighted by Gasteiger charge is -2.53. The summed E-state index contributed by atoms with van der Waals surface area (Å²) in [6.45, 7) is 4.70. The zero-order chi connectivity index (χ0) is 15.0. The number of carboxylic acid groups (broad SMARTS) is 1. The van der Waals surface area contributed by atoms with Gasteiger partial charge in [-0.2, -0.15) is 0 Å². The maximum absolute atomic E-state index is 11.8. The Balaban J connectivity index is 1.83. The Morgan fingerprint density at radius 2 is 1.71 bits per heavy atom. The minimum absolute atomic E-state index is 0.217. The summed E-state index contributed by atoms with van der Waals surface area (Å²) in [6.07, 6.45) is 10.9. The van der Waals surface area contributed by atoms with E-state index >= 15 is 0 Å². The summed E-state index contributed by atoms with van der Waals surface area (Å²) in [4.78, 5) is 14.3. The lowest BCUT2D eigenvalue weighted by Crippen LogP contribution is -2.61. The Bertz CT molecular complexity index is 383. The first-order valence-electron chi connectivity index (χ1n) is 9.08. The smallest absolute Gasteiger partial charge is 0.320 e. The number of carbonyl (C=O) groups is 1. The minimum Gasteiger partial charge on any atom is -0.480 e. The molecule has 0 aromatic carbocycles. The third-order valence-corrected chi connectivity index (χ3v) is 6.48. The molecule has 2 saturated carbocycles. The molecule has 3 fully saturated rings. The fraction of sp³-hybridized carbons (Fsp3) is 0.944. The quantitative estimate of drug-likeness (QED) is 0.839. The average Bonchev–Trinajstić information content (AvgIpc) is 2.46. The van der Waals surface area contributed by atoms with Crippen LogP contribution in [-0.2, 0) is 4.79 Å². The molecule has 6 atom stereocenters. The van der Waals surface area contributed by atoms with Crippen molar-refractivity contribution in [2.75, 3.05) is 0 Å². The average molecular weight is 293 g/mol. The van der Waals surface area contributed by atoms with Crippen molar-refractivity contribution in [3.05, 3.63) is 0 Å². The molecule has 120 valence electrons. The summed E-state index contributed by atoms with van der Waals surface area (Å²) in [5.74, 6) is 1.65. The van der Waals surface area contributed by atoms with Gasteiger partial charge in [0.15, 0.2) is 0 Å².